The summed E-state index contributed by atoms with van der Waals surface area (Å²) in [6, 6.07) is 12.5. The molecule has 0 aliphatic carbocycles. The Morgan fingerprint density at radius 3 is 2.46 bits per heavy atom. The minimum Gasteiger partial charge on any atom is -0.343 e. The molecule has 0 bridgehead atoms. The van der Waals surface area contributed by atoms with Crippen molar-refractivity contribution in [2.45, 2.75) is 13.8 Å². The first-order valence-corrected chi connectivity index (χ1v) is 8.01. The molecule has 0 aliphatic heterocycles. The second-order valence-electron chi connectivity index (χ2n) is 5.83. The Bertz CT molecular complexity index is 919. The molecule has 3 aromatic rings. The first-order chi connectivity index (χ1) is 12.5. The first-order valence-electron chi connectivity index (χ1n) is 8.01. The monoisotopic (exact) mass is 350 g/mol. The molecule has 8 nitrogen and oxygen atoms in total. The smallest absolute Gasteiger partial charge is 0.251 e. The molecule has 8 heteroatoms. The van der Waals surface area contributed by atoms with E-state index in [9.17, 15) is 9.59 Å². The Morgan fingerprint density at radius 1 is 1.04 bits per heavy atom. The normalized spacial score (nSPS) is 10.4. The van der Waals surface area contributed by atoms with E-state index in [0.717, 1.165) is 16.8 Å². The average molecular weight is 350 g/mol. The summed E-state index contributed by atoms with van der Waals surface area (Å²) in [6.45, 7) is 3.81. The maximum atomic E-state index is 12.1. The Morgan fingerprint density at radius 2 is 1.81 bits per heavy atom. The van der Waals surface area contributed by atoms with Gasteiger partial charge in [-0.3, -0.25) is 9.59 Å². The van der Waals surface area contributed by atoms with Gasteiger partial charge in [0, 0.05) is 11.3 Å². The van der Waals surface area contributed by atoms with Crippen LogP contribution in [0.4, 0.5) is 5.69 Å². The second kappa shape index (κ2) is 7.56. The highest BCUT2D eigenvalue weighted by molar-refractivity contribution is 5.99. The van der Waals surface area contributed by atoms with Gasteiger partial charge in [0.05, 0.1) is 12.2 Å². The van der Waals surface area contributed by atoms with Gasteiger partial charge in [0.1, 0.15) is 6.33 Å². The SMILES string of the molecule is Cc1ccc(C(=O)NCC(=O)Nc2ccc(-n3cnnn3)cc2)cc1C. The van der Waals surface area contributed by atoms with Crippen LogP contribution < -0.4 is 10.6 Å². The molecule has 2 N–H and O–H groups in total. The molecule has 1 heterocycles. The van der Waals surface area contributed by atoms with Crippen molar-refractivity contribution in [2.24, 2.45) is 0 Å². The fraction of sp³-hybridized carbons (Fsp3) is 0.167. The number of rotatable bonds is 5. The number of nitrogens with zero attached hydrogens (tertiary/aromatic N) is 4. The van der Waals surface area contributed by atoms with Crippen LogP contribution in [0, 0.1) is 13.8 Å². The third-order valence-electron chi connectivity index (χ3n) is 3.94. The number of carbonyl (C=O) groups is 2. The van der Waals surface area contributed by atoms with Crippen molar-refractivity contribution < 1.29 is 9.59 Å². The first kappa shape index (κ1) is 17.3. The van der Waals surface area contributed by atoms with Gasteiger partial charge < -0.3 is 10.6 Å². The standard InChI is InChI=1S/C18H18N6O2/c1-12-3-4-14(9-13(12)2)18(26)19-10-17(25)21-15-5-7-16(8-6-15)24-11-20-22-23-24/h3-9,11H,10H2,1-2H3,(H,19,26)(H,21,25). The number of hydrogen-bond donors (Lipinski definition) is 2. The van der Waals surface area contributed by atoms with Crippen LogP contribution in [0.2, 0.25) is 0 Å². The quantitative estimate of drug-likeness (QED) is 0.728. The van der Waals surface area contributed by atoms with Gasteiger partial charge >= 0.3 is 0 Å². The van der Waals surface area contributed by atoms with E-state index in [2.05, 4.69) is 26.2 Å². The maximum Gasteiger partial charge on any atom is 0.251 e. The van der Waals surface area contributed by atoms with Crippen molar-refractivity contribution in [1.82, 2.24) is 25.5 Å². The number of tetrazole rings is 1. The summed E-state index contributed by atoms with van der Waals surface area (Å²) >= 11 is 0. The van der Waals surface area contributed by atoms with Gasteiger partial charge in [0.15, 0.2) is 0 Å². The van der Waals surface area contributed by atoms with Crippen molar-refractivity contribution in [3.05, 3.63) is 65.5 Å². The lowest BCUT2D eigenvalue weighted by Gasteiger charge is -2.09. The predicted octanol–water partition coefficient (Wildman–Crippen LogP) is 1.65. The number of aromatic nitrogens is 4. The summed E-state index contributed by atoms with van der Waals surface area (Å²) in [4.78, 5) is 24.1. The van der Waals surface area contributed by atoms with Crippen LogP contribution in [-0.4, -0.2) is 38.6 Å². The van der Waals surface area contributed by atoms with E-state index in [1.165, 1.54) is 11.0 Å². The maximum absolute atomic E-state index is 12.1. The third-order valence-corrected chi connectivity index (χ3v) is 3.94. The van der Waals surface area contributed by atoms with E-state index in [-0.39, 0.29) is 18.4 Å². The zero-order chi connectivity index (χ0) is 18.5. The van der Waals surface area contributed by atoms with Gasteiger partial charge in [0.2, 0.25) is 5.91 Å². The van der Waals surface area contributed by atoms with Crippen molar-refractivity contribution >= 4 is 17.5 Å². The molecule has 0 atom stereocenters. The Balaban J connectivity index is 1.53. The molecule has 2 aromatic carbocycles. The van der Waals surface area contributed by atoms with Crippen LogP contribution in [0.1, 0.15) is 21.5 Å². The molecule has 0 saturated carbocycles. The van der Waals surface area contributed by atoms with E-state index in [0.29, 0.717) is 11.3 Å². The number of amides is 2. The summed E-state index contributed by atoms with van der Waals surface area (Å²) in [6.07, 6.45) is 1.48. The number of benzene rings is 2. The average Bonchev–Trinajstić information content (AvgIpc) is 3.17. The third kappa shape index (κ3) is 4.10. The summed E-state index contributed by atoms with van der Waals surface area (Å²) < 4.78 is 1.51. The molecule has 0 saturated heterocycles. The van der Waals surface area contributed by atoms with Crippen molar-refractivity contribution in [2.75, 3.05) is 11.9 Å². The molecule has 0 spiro atoms. The number of hydrogen-bond acceptors (Lipinski definition) is 5. The van der Waals surface area contributed by atoms with E-state index < -0.39 is 0 Å². The lowest BCUT2D eigenvalue weighted by atomic mass is 10.1. The Hall–Kier alpha value is -3.55. The fourth-order valence-corrected chi connectivity index (χ4v) is 2.33. The highest BCUT2D eigenvalue weighted by atomic mass is 16.2. The lowest BCUT2D eigenvalue weighted by Crippen LogP contribution is -2.32. The second-order valence-corrected chi connectivity index (χ2v) is 5.83. The van der Waals surface area contributed by atoms with E-state index >= 15 is 0 Å². The Kier molecular flexibility index (Phi) is 5.02. The number of anilines is 1. The van der Waals surface area contributed by atoms with Gasteiger partial charge in [-0.25, -0.2) is 4.68 Å². The highest BCUT2D eigenvalue weighted by Gasteiger charge is 2.09. The van der Waals surface area contributed by atoms with Crippen LogP contribution in [-0.2, 0) is 4.79 Å². The summed E-state index contributed by atoms with van der Waals surface area (Å²) in [5.74, 6) is -0.588. The molecule has 132 valence electrons. The van der Waals surface area contributed by atoms with Crippen molar-refractivity contribution in [3.8, 4) is 5.69 Å². The predicted molar refractivity (Wildman–Crippen MR) is 96.0 cm³/mol. The summed E-state index contributed by atoms with van der Waals surface area (Å²) in [7, 11) is 0. The van der Waals surface area contributed by atoms with Crippen LogP contribution in [0.3, 0.4) is 0 Å². The van der Waals surface area contributed by atoms with Crippen molar-refractivity contribution in [1.29, 1.82) is 0 Å². The minimum absolute atomic E-state index is 0.111. The van der Waals surface area contributed by atoms with Gasteiger partial charge in [-0.15, -0.1) is 5.10 Å². The summed E-state index contributed by atoms with van der Waals surface area (Å²) in [5.41, 5.74) is 4.07. The molecular formula is C18H18N6O2. The number of aryl methyl sites for hydroxylation is 2. The van der Waals surface area contributed by atoms with E-state index in [4.69, 9.17) is 0 Å². The van der Waals surface area contributed by atoms with Gasteiger partial charge in [-0.1, -0.05) is 6.07 Å². The van der Waals surface area contributed by atoms with E-state index in [1.54, 1.807) is 36.4 Å². The highest BCUT2D eigenvalue weighted by Crippen LogP contribution is 2.12. The van der Waals surface area contributed by atoms with Crippen LogP contribution in [0.15, 0.2) is 48.8 Å². The molecular weight excluding hydrogens is 332 g/mol. The van der Waals surface area contributed by atoms with Gasteiger partial charge in [-0.2, -0.15) is 0 Å². The minimum atomic E-state index is -0.308. The molecule has 0 aliphatic rings. The molecule has 1 aromatic heterocycles. The fourth-order valence-electron chi connectivity index (χ4n) is 2.33. The van der Waals surface area contributed by atoms with Crippen LogP contribution in [0.25, 0.3) is 5.69 Å². The molecule has 0 radical (unpaired) electrons. The topological polar surface area (TPSA) is 102 Å². The number of nitrogens with one attached hydrogen (secondary N) is 2. The summed E-state index contributed by atoms with van der Waals surface area (Å²) in [5, 5.41) is 16.3. The molecule has 0 fully saturated rings. The molecule has 26 heavy (non-hydrogen) atoms. The van der Waals surface area contributed by atoms with Crippen molar-refractivity contribution in [3.63, 3.8) is 0 Å². The number of carbonyl (C=O) groups excluding carboxylic acids is 2. The zero-order valence-electron chi connectivity index (χ0n) is 14.4. The van der Waals surface area contributed by atoms with Crippen LogP contribution >= 0.6 is 0 Å². The van der Waals surface area contributed by atoms with Gasteiger partial charge in [-0.05, 0) is 71.8 Å². The Labute approximate surface area is 150 Å². The van der Waals surface area contributed by atoms with Crippen LogP contribution in [0.5, 0.6) is 0 Å². The largest absolute Gasteiger partial charge is 0.343 e. The van der Waals surface area contributed by atoms with E-state index in [1.807, 2.05) is 19.9 Å². The molecule has 2 amide bonds. The van der Waals surface area contributed by atoms with Gasteiger partial charge in [0.25, 0.3) is 5.91 Å². The molecule has 3 rings (SSSR count). The lowest BCUT2D eigenvalue weighted by molar-refractivity contribution is -0.115. The molecule has 0 unspecified atom stereocenters. The zero-order valence-corrected chi connectivity index (χ0v) is 14.4.